The average molecular weight is 269 g/mol. The third-order valence-corrected chi connectivity index (χ3v) is 4.05. The molecule has 0 aliphatic heterocycles. The predicted molar refractivity (Wildman–Crippen MR) is 74.7 cm³/mol. The van der Waals surface area contributed by atoms with E-state index in [2.05, 4.69) is 4.99 Å². The van der Waals surface area contributed by atoms with Crippen LogP contribution in [0.2, 0.25) is 0 Å². The van der Waals surface area contributed by atoms with Crippen LogP contribution < -0.4 is 5.69 Å². The molecule has 1 saturated carbocycles. The van der Waals surface area contributed by atoms with E-state index in [1.54, 1.807) is 30.1 Å². The molecule has 0 amide bonds. The summed E-state index contributed by atoms with van der Waals surface area (Å²) in [5, 5.41) is 0. The summed E-state index contributed by atoms with van der Waals surface area (Å²) in [4.78, 5) is 26.9. The lowest BCUT2D eigenvalue weighted by Crippen LogP contribution is -2.34. The molecular weight excluding hydrogens is 254 g/mol. The molecule has 2 aromatic rings. The normalized spacial score (nSPS) is 16.2. The lowest BCUT2D eigenvalue weighted by Gasteiger charge is -2.38. The highest BCUT2D eigenvalue weighted by molar-refractivity contribution is 5.49. The number of aryl methyl sites for hydroxylation is 1. The minimum Gasteiger partial charge on any atom is -0.302 e. The topological polar surface area (TPSA) is 56.4 Å². The van der Waals surface area contributed by atoms with Gasteiger partial charge < -0.3 is 4.57 Å². The number of carbonyl (C=O) groups excluding carboxylic acids is 1. The Kier molecular flexibility index (Phi) is 2.92. The second-order valence-electron chi connectivity index (χ2n) is 5.17. The summed E-state index contributed by atoms with van der Waals surface area (Å²) in [5.74, 6) is 0. The van der Waals surface area contributed by atoms with E-state index in [0.717, 1.165) is 30.5 Å². The van der Waals surface area contributed by atoms with Crippen LogP contribution in [0.25, 0.3) is 5.69 Å². The Morgan fingerprint density at radius 1 is 1.25 bits per heavy atom. The van der Waals surface area contributed by atoms with Gasteiger partial charge in [-0.1, -0.05) is 18.2 Å². The van der Waals surface area contributed by atoms with Gasteiger partial charge in [0.05, 0.1) is 5.69 Å². The van der Waals surface area contributed by atoms with Crippen molar-refractivity contribution >= 4 is 6.08 Å². The summed E-state index contributed by atoms with van der Waals surface area (Å²) < 4.78 is 3.11. The van der Waals surface area contributed by atoms with Crippen LogP contribution >= 0.6 is 0 Å². The van der Waals surface area contributed by atoms with Crippen molar-refractivity contribution < 1.29 is 4.79 Å². The molecule has 0 atom stereocenters. The molecule has 1 heterocycles. The van der Waals surface area contributed by atoms with Crippen molar-refractivity contribution in [1.82, 2.24) is 9.13 Å². The van der Waals surface area contributed by atoms with Crippen molar-refractivity contribution in [2.75, 3.05) is 0 Å². The number of aromatic nitrogens is 2. The van der Waals surface area contributed by atoms with Crippen LogP contribution in [0.3, 0.4) is 0 Å². The zero-order valence-corrected chi connectivity index (χ0v) is 11.2. The molecule has 0 spiro atoms. The van der Waals surface area contributed by atoms with Gasteiger partial charge in [0.25, 0.3) is 0 Å². The Balaban J connectivity index is 2.21. The van der Waals surface area contributed by atoms with E-state index < -0.39 is 5.54 Å². The third kappa shape index (κ3) is 1.75. The molecule has 20 heavy (non-hydrogen) atoms. The number of rotatable bonds is 3. The van der Waals surface area contributed by atoms with Gasteiger partial charge in [-0.2, -0.15) is 4.99 Å². The number of imidazole rings is 1. The molecule has 5 nitrogen and oxygen atoms in total. The second kappa shape index (κ2) is 4.62. The number of para-hydroxylation sites is 1. The standard InChI is InChI=1S/C15H15N3O2/c1-17-9-10-18(14(17)20)13-6-3-2-5-12(13)15(16-11-19)7-4-8-15/h2-3,5-6,9-10H,4,7-8H2,1H3. The highest BCUT2D eigenvalue weighted by atomic mass is 16.1. The number of aliphatic imine (C=N–C) groups is 1. The van der Waals surface area contributed by atoms with Crippen LogP contribution in [0.1, 0.15) is 24.8 Å². The zero-order chi connectivity index (χ0) is 14.2. The summed E-state index contributed by atoms with van der Waals surface area (Å²) in [6.07, 6.45) is 7.81. The van der Waals surface area contributed by atoms with Crippen molar-refractivity contribution in [3.63, 3.8) is 0 Å². The van der Waals surface area contributed by atoms with Gasteiger partial charge >= 0.3 is 5.69 Å². The lowest BCUT2D eigenvalue weighted by molar-refractivity contribution is 0.255. The first-order valence-corrected chi connectivity index (χ1v) is 6.61. The molecule has 0 radical (unpaired) electrons. The number of nitrogens with zero attached hydrogens (tertiary/aromatic N) is 3. The first kappa shape index (κ1) is 12.6. The van der Waals surface area contributed by atoms with Crippen molar-refractivity contribution in [3.8, 4) is 5.69 Å². The molecule has 0 N–H and O–H groups in total. The largest absolute Gasteiger partial charge is 0.332 e. The minimum absolute atomic E-state index is 0.109. The maximum absolute atomic E-state index is 12.1. The summed E-state index contributed by atoms with van der Waals surface area (Å²) in [7, 11) is 1.71. The van der Waals surface area contributed by atoms with Crippen molar-refractivity contribution in [2.45, 2.75) is 24.8 Å². The Morgan fingerprint density at radius 2 is 2.00 bits per heavy atom. The van der Waals surface area contributed by atoms with Gasteiger partial charge in [-0.3, -0.25) is 4.57 Å². The van der Waals surface area contributed by atoms with Crippen LogP contribution in [0.5, 0.6) is 0 Å². The van der Waals surface area contributed by atoms with E-state index in [4.69, 9.17) is 0 Å². The Labute approximate surface area is 116 Å². The van der Waals surface area contributed by atoms with Gasteiger partial charge in [0.1, 0.15) is 5.54 Å². The van der Waals surface area contributed by atoms with E-state index in [0.29, 0.717) is 0 Å². The molecule has 1 aromatic carbocycles. The molecule has 102 valence electrons. The summed E-state index contributed by atoms with van der Waals surface area (Å²) in [5.41, 5.74) is 1.09. The van der Waals surface area contributed by atoms with E-state index in [-0.39, 0.29) is 5.69 Å². The van der Waals surface area contributed by atoms with Gasteiger partial charge in [0, 0.05) is 25.0 Å². The van der Waals surface area contributed by atoms with Crippen LogP contribution in [0.15, 0.2) is 46.4 Å². The van der Waals surface area contributed by atoms with E-state index >= 15 is 0 Å². The Hall–Kier alpha value is -2.39. The molecule has 0 bridgehead atoms. The molecule has 0 saturated heterocycles. The fraction of sp³-hybridized carbons (Fsp3) is 0.333. The molecule has 1 aliphatic rings. The first-order chi connectivity index (χ1) is 9.68. The fourth-order valence-corrected chi connectivity index (χ4v) is 2.77. The SMILES string of the molecule is Cn1ccn(-c2ccccc2C2(N=C=O)CCC2)c1=O. The van der Waals surface area contributed by atoms with Gasteiger partial charge in [-0.15, -0.1) is 0 Å². The predicted octanol–water partition coefficient (Wildman–Crippen LogP) is 1.89. The smallest absolute Gasteiger partial charge is 0.302 e. The Bertz CT molecular complexity index is 746. The molecule has 1 aromatic heterocycles. The average Bonchev–Trinajstić information content (AvgIpc) is 2.75. The van der Waals surface area contributed by atoms with Gasteiger partial charge in [-0.05, 0) is 25.3 Å². The highest BCUT2D eigenvalue weighted by Crippen LogP contribution is 2.46. The maximum atomic E-state index is 12.1. The van der Waals surface area contributed by atoms with Gasteiger partial charge in [0.2, 0.25) is 6.08 Å². The van der Waals surface area contributed by atoms with Gasteiger partial charge in [-0.25, -0.2) is 9.59 Å². The van der Waals surface area contributed by atoms with E-state index in [1.165, 1.54) is 4.57 Å². The molecular formula is C15H15N3O2. The zero-order valence-electron chi connectivity index (χ0n) is 11.2. The molecule has 5 heteroatoms. The fourth-order valence-electron chi connectivity index (χ4n) is 2.77. The summed E-state index contributed by atoms with van der Waals surface area (Å²) in [6.45, 7) is 0. The maximum Gasteiger partial charge on any atom is 0.332 e. The lowest BCUT2D eigenvalue weighted by atomic mass is 9.72. The summed E-state index contributed by atoms with van der Waals surface area (Å²) >= 11 is 0. The number of hydrogen-bond donors (Lipinski definition) is 0. The summed E-state index contributed by atoms with van der Waals surface area (Å²) in [6, 6.07) is 7.62. The van der Waals surface area contributed by atoms with Crippen LogP contribution in [0, 0.1) is 0 Å². The first-order valence-electron chi connectivity index (χ1n) is 6.61. The number of benzene rings is 1. The van der Waals surface area contributed by atoms with Crippen molar-refractivity contribution in [1.29, 1.82) is 0 Å². The van der Waals surface area contributed by atoms with Crippen LogP contribution in [0.4, 0.5) is 0 Å². The van der Waals surface area contributed by atoms with Crippen LogP contribution in [-0.4, -0.2) is 15.2 Å². The van der Waals surface area contributed by atoms with E-state index in [9.17, 15) is 9.59 Å². The van der Waals surface area contributed by atoms with Crippen molar-refractivity contribution in [2.24, 2.45) is 12.0 Å². The second-order valence-corrected chi connectivity index (χ2v) is 5.17. The Morgan fingerprint density at radius 3 is 2.55 bits per heavy atom. The number of isocyanates is 1. The third-order valence-electron chi connectivity index (χ3n) is 4.05. The molecule has 1 fully saturated rings. The van der Waals surface area contributed by atoms with E-state index in [1.807, 2.05) is 24.3 Å². The molecule has 3 rings (SSSR count). The monoisotopic (exact) mass is 269 g/mol. The quantitative estimate of drug-likeness (QED) is 0.631. The number of hydrogen-bond acceptors (Lipinski definition) is 3. The highest BCUT2D eigenvalue weighted by Gasteiger charge is 2.40. The minimum atomic E-state index is -0.506. The molecule has 0 unspecified atom stereocenters. The van der Waals surface area contributed by atoms with Crippen LogP contribution in [-0.2, 0) is 17.4 Å². The molecule has 1 aliphatic carbocycles. The van der Waals surface area contributed by atoms with Crippen molar-refractivity contribution in [3.05, 3.63) is 52.7 Å². The van der Waals surface area contributed by atoms with Gasteiger partial charge in [0.15, 0.2) is 0 Å².